The maximum Gasteiger partial charge on any atom is 0.191 e. The third kappa shape index (κ3) is 4.83. The van der Waals surface area contributed by atoms with Gasteiger partial charge in [-0.2, -0.15) is 0 Å². The largest absolute Gasteiger partial charge is 0.396 e. The number of hydrogen-bond donors (Lipinski definition) is 3. The van der Waals surface area contributed by atoms with E-state index in [1.807, 2.05) is 13.0 Å². The Bertz CT molecular complexity index is 483. The Hall–Kier alpha value is -1.37. The van der Waals surface area contributed by atoms with Crippen LogP contribution < -0.4 is 10.6 Å². The zero-order chi connectivity index (χ0) is 15.8. The Labute approximate surface area is 136 Å². The maximum atomic E-state index is 9.42. The standard InChI is InChI=1S/C15H23ClN4O2/c1-2-17-14(20-8-15(9-21)10-22-11-15)18-6-5-12-3-4-13(16)19-7-12/h3-4,7,21H,2,5-6,8-11H2,1H3,(H2,17,18,20). The minimum Gasteiger partial charge on any atom is -0.396 e. The van der Waals surface area contributed by atoms with Crippen LogP contribution in [0.15, 0.2) is 23.3 Å². The van der Waals surface area contributed by atoms with Crippen molar-refractivity contribution in [2.45, 2.75) is 13.3 Å². The molecule has 7 heteroatoms. The van der Waals surface area contributed by atoms with Gasteiger partial charge in [-0.3, -0.25) is 4.99 Å². The lowest BCUT2D eigenvalue weighted by molar-refractivity contribution is -0.130. The lowest BCUT2D eigenvalue weighted by Gasteiger charge is -2.38. The summed E-state index contributed by atoms with van der Waals surface area (Å²) < 4.78 is 5.18. The first kappa shape index (κ1) is 17.0. The first-order valence-electron chi connectivity index (χ1n) is 7.49. The second kappa shape index (κ2) is 8.31. The van der Waals surface area contributed by atoms with Gasteiger partial charge >= 0.3 is 0 Å². The Morgan fingerprint density at radius 3 is 2.82 bits per heavy atom. The van der Waals surface area contributed by atoms with Crippen molar-refractivity contribution in [1.82, 2.24) is 15.6 Å². The quantitative estimate of drug-likeness (QED) is 0.393. The predicted molar refractivity (Wildman–Crippen MR) is 87.3 cm³/mol. The van der Waals surface area contributed by atoms with Crippen molar-refractivity contribution in [1.29, 1.82) is 0 Å². The van der Waals surface area contributed by atoms with E-state index >= 15 is 0 Å². The molecule has 6 nitrogen and oxygen atoms in total. The molecule has 0 amide bonds. The molecule has 3 N–H and O–H groups in total. The Morgan fingerprint density at radius 2 is 2.27 bits per heavy atom. The molecule has 0 radical (unpaired) electrons. The smallest absolute Gasteiger partial charge is 0.191 e. The molecule has 1 aliphatic rings. The number of pyridine rings is 1. The molecule has 0 spiro atoms. The summed E-state index contributed by atoms with van der Waals surface area (Å²) in [4.78, 5) is 8.60. The highest BCUT2D eigenvalue weighted by atomic mass is 35.5. The average Bonchev–Trinajstić information content (AvgIpc) is 2.48. The summed E-state index contributed by atoms with van der Waals surface area (Å²) in [6, 6.07) is 3.76. The Balaban J connectivity index is 1.81. The van der Waals surface area contributed by atoms with Gasteiger partial charge < -0.3 is 20.5 Å². The fraction of sp³-hybridized carbons (Fsp3) is 0.600. The number of ether oxygens (including phenoxy) is 1. The van der Waals surface area contributed by atoms with E-state index in [1.165, 1.54) is 0 Å². The molecule has 2 rings (SSSR count). The van der Waals surface area contributed by atoms with Gasteiger partial charge in [-0.25, -0.2) is 4.98 Å². The van der Waals surface area contributed by atoms with Crippen molar-refractivity contribution in [3.8, 4) is 0 Å². The molecule has 22 heavy (non-hydrogen) atoms. The van der Waals surface area contributed by atoms with Crippen LogP contribution in [0.2, 0.25) is 5.15 Å². The summed E-state index contributed by atoms with van der Waals surface area (Å²) in [5.41, 5.74) is 0.912. The van der Waals surface area contributed by atoms with E-state index < -0.39 is 0 Å². The lowest BCUT2D eigenvalue weighted by Crippen LogP contribution is -2.49. The second-order valence-electron chi connectivity index (χ2n) is 5.51. The average molecular weight is 327 g/mol. The molecular formula is C15H23ClN4O2. The summed E-state index contributed by atoms with van der Waals surface area (Å²) in [5, 5.41) is 16.4. The fourth-order valence-corrected chi connectivity index (χ4v) is 2.20. The number of aliphatic hydroxyl groups is 1. The topological polar surface area (TPSA) is 78.8 Å². The van der Waals surface area contributed by atoms with Gasteiger partial charge in [0.1, 0.15) is 5.15 Å². The molecule has 1 saturated heterocycles. The van der Waals surface area contributed by atoms with Gasteiger partial charge in [0.15, 0.2) is 5.96 Å². The monoisotopic (exact) mass is 326 g/mol. The van der Waals surface area contributed by atoms with Crippen LogP contribution in [0.25, 0.3) is 0 Å². The normalized spacial score (nSPS) is 17.0. The van der Waals surface area contributed by atoms with Crippen molar-refractivity contribution in [2.75, 3.05) is 39.5 Å². The molecule has 0 bridgehead atoms. The number of nitrogens with one attached hydrogen (secondary N) is 2. The zero-order valence-corrected chi connectivity index (χ0v) is 13.6. The van der Waals surface area contributed by atoms with Crippen LogP contribution in [0.3, 0.4) is 0 Å². The molecular weight excluding hydrogens is 304 g/mol. The van der Waals surface area contributed by atoms with Crippen molar-refractivity contribution in [3.63, 3.8) is 0 Å². The number of aliphatic imine (C=N–C) groups is 1. The summed E-state index contributed by atoms with van der Waals surface area (Å²) >= 11 is 5.77. The van der Waals surface area contributed by atoms with E-state index in [1.54, 1.807) is 12.3 Å². The number of hydrogen-bond acceptors (Lipinski definition) is 4. The number of guanidine groups is 1. The van der Waals surface area contributed by atoms with Crippen LogP contribution in [0, 0.1) is 5.41 Å². The first-order valence-corrected chi connectivity index (χ1v) is 7.86. The highest BCUT2D eigenvalue weighted by Crippen LogP contribution is 2.26. The van der Waals surface area contributed by atoms with Crippen LogP contribution in [-0.4, -0.2) is 55.5 Å². The van der Waals surface area contributed by atoms with Gasteiger partial charge in [-0.15, -0.1) is 0 Å². The fourth-order valence-electron chi connectivity index (χ4n) is 2.09. The minimum atomic E-state index is -0.206. The van der Waals surface area contributed by atoms with Gasteiger partial charge in [0, 0.05) is 19.3 Å². The first-order chi connectivity index (χ1) is 10.7. The highest BCUT2D eigenvalue weighted by molar-refractivity contribution is 6.29. The molecule has 1 fully saturated rings. The SMILES string of the molecule is CCNC(=NCC1(CO)COC1)NCCc1ccc(Cl)nc1. The minimum absolute atomic E-state index is 0.104. The molecule has 1 aromatic rings. The molecule has 0 aromatic carbocycles. The molecule has 0 unspecified atom stereocenters. The highest BCUT2D eigenvalue weighted by Gasteiger charge is 2.37. The van der Waals surface area contributed by atoms with Gasteiger partial charge in [0.25, 0.3) is 0 Å². The Morgan fingerprint density at radius 1 is 1.45 bits per heavy atom. The van der Waals surface area contributed by atoms with Gasteiger partial charge in [-0.05, 0) is 25.0 Å². The second-order valence-corrected chi connectivity index (χ2v) is 5.90. The van der Waals surface area contributed by atoms with Crippen molar-refractivity contribution in [2.24, 2.45) is 10.4 Å². The van der Waals surface area contributed by atoms with Gasteiger partial charge in [0.2, 0.25) is 0 Å². The van der Waals surface area contributed by atoms with Crippen LogP contribution >= 0.6 is 11.6 Å². The zero-order valence-electron chi connectivity index (χ0n) is 12.8. The summed E-state index contributed by atoms with van der Waals surface area (Å²) in [5.74, 6) is 0.754. The molecule has 0 aliphatic carbocycles. The molecule has 1 aromatic heterocycles. The van der Waals surface area contributed by atoms with E-state index in [4.69, 9.17) is 16.3 Å². The van der Waals surface area contributed by atoms with Crippen molar-refractivity contribution in [3.05, 3.63) is 29.0 Å². The van der Waals surface area contributed by atoms with Crippen LogP contribution in [0.5, 0.6) is 0 Å². The predicted octanol–water partition coefficient (Wildman–Crippen LogP) is 0.841. The number of nitrogens with zero attached hydrogens (tertiary/aromatic N) is 2. The molecule has 1 aliphatic heterocycles. The van der Waals surface area contributed by atoms with Gasteiger partial charge in [-0.1, -0.05) is 17.7 Å². The van der Waals surface area contributed by atoms with E-state index in [0.29, 0.717) is 24.9 Å². The van der Waals surface area contributed by atoms with Crippen molar-refractivity contribution >= 4 is 17.6 Å². The molecule has 2 heterocycles. The third-order valence-corrected chi connectivity index (χ3v) is 3.79. The molecule has 0 atom stereocenters. The summed E-state index contributed by atoms with van der Waals surface area (Å²) in [7, 11) is 0. The molecule has 122 valence electrons. The van der Waals surface area contributed by atoms with Crippen molar-refractivity contribution < 1.29 is 9.84 Å². The number of rotatable bonds is 7. The third-order valence-electron chi connectivity index (χ3n) is 3.56. The molecule has 0 saturated carbocycles. The van der Waals surface area contributed by atoms with E-state index in [0.717, 1.165) is 31.0 Å². The van der Waals surface area contributed by atoms with Gasteiger partial charge in [0.05, 0.1) is 31.8 Å². The lowest BCUT2D eigenvalue weighted by atomic mass is 9.87. The summed E-state index contributed by atoms with van der Waals surface area (Å²) in [6.07, 6.45) is 2.61. The maximum absolute atomic E-state index is 9.42. The number of aromatic nitrogens is 1. The number of aliphatic hydroxyl groups excluding tert-OH is 1. The van der Waals surface area contributed by atoms with Crippen LogP contribution in [-0.2, 0) is 11.2 Å². The Kier molecular flexibility index (Phi) is 6.42. The van der Waals surface area contributed by atoms with E-state index in [9.17, 15) is 5.11 Å². The van der Waals surface area contributed by atoms with E-state index in [-0.39, 0.29) is 12.0 Å². The van der Waals surface area contributed by atoms with Crippen LogP contribution in [0.1, 0.15) is 12.5 Å². The van der Waals surface area contributed by atoms with Crippen LogP contribution in [0.4, 0.5) is 0 Å². The summed E-state index contributed by atoms with van der Waals surface area (Å²) in [6.45, 7) is 5.36. The van der Waals surface area contributed by atoms with E-state index in [2.05, 4.69) is 20.6 Å². The number of halogens is 1.